The van der Waals surface area contributed by atoms with Crippen LogP contribution in [0.1, 0.15) is 50.2 Å². The van der Waals surface area contributed by atoms with Gasteiger partial charge in [-0.1, -0.05) is 75.4 Å². The molecule has 0 aliphatic rings. The van der Waals surface area contributed by atoms with Crippen LogP contribution in [0.2, 0.25) is 0 Å². The van der Waals surface area contributed by atoms with Gasteiger partial charge in [-0.2, -0.15) is 0 Å². The van der Waals surface area contributed by atoms with E-state index in [9.17, 15) is 9.18 Å². The Morgan fingerprint density at radius 2 is 1.80 bits per heavy atom. The Morgan fingerprint density at radius 3 is 2.40 bits per heavy atom. The van der Waals surface area contributed by atoms with Crippen molar-refractivity contribution in [3.63, 3.8) is 0 Å². The van der Waals surface area contributed by atoms with E-state index >= 15 is 0 Å². The lowest BCUT2D eigenvalue weighted by atomic mass is 9.85. The first-order valence-electron chi connectivity index (χ1n) is 12.0. The monoisotopic (exact) mass is 480 g/mol. The highest BCUT2D eigenvalue weighted by Gasteiger charge is 2.34. The van der Waals surface area contributed by atoms with Crippen molar-refractivity contribution in [1.29, 1.82) is 0 Å². The summed E-state index contributed by atoms with van der Waals surface area (Å²) in [5.41, 5.74) is 9.22. The maximum Gasteiger partial charge on any atom is 0.249 e. The molecule has 0 saturated carbocycles. The highest BCUT2D eigenvalue weighted by atomic mass is 19.1. The molecule has 3 rings (SSSR count). The largest absolute Gasteiger partial charge is 0.372 e. The van der Waals surface area contributed by atoms with Crippen molar-refractivity contribution >= 4 is 5.91 Å². The zero-order chi connectivity index (χ0) is 25.6. The molecule has 6 nitrogen and oxygen atoms in total. The molecule has 188 valence electrons. The fourth-order valence-corrected chi connectivity index (χ4v) is 4.05. The standard InChI is InChI=1S/C28H37FN4O2/c1-19-11-9-10-14-21(19)17-33-18-23(20-12-7-6-8-13-20)31-26(33)25(28(2,3)4)32-27(34)24(35-5)15-22(29)16-30/h6-14,18,22,24-25H,15-17,30H2,1-5H3,(H,32,34)/t22-,24?,25+/m1/s1. The van der Waals surface area contributed by atoms with E-state index < -0.39 is 18.3 Å². The van der Waals surface area contributed by atoms with Crippen LogP contribution in [-0.2, 0) is 16.1 Å². The third kappa shape index (κ3) is 6.77. The average molecular weight is 481 g/mol. The lowest BCUT2D eigenvalue weighted by molar-refractivity contribution is -0.134. The first kappa shape index (κ1) is 26.6. The third-order valence-corrected chi connectivity index (χ3v) is 6.19. The van der Waals surface area contributed by atoms with E-state index in [1.165, 1.54) is 18.2 Å². The number of hydrogen-bond acceptors (Lipinski definition) is 4. The summed E-state index contributed by atoms with van der Waals surface area (Å²) in [6.45, 7) is 8.68. The number of nitrogens with zero attached hydrogens (tertiary/aromatic N) is 2. The van der Waals surface area contributed by atoms with Gasteiger partial charge in [0.2, 0.25) is 5.91 Å². The highest BCUT2D eigenvalue weighted by Crippen LogP contribution is 2.34. The van der Waals surface area contributed by atoms with Gasteiger partial charge in [-0.3, -0.25) is 4.79 Å². The fraction of sp³-hybridized carbons (Fsp3) is 0.429. The van der Waals surface area contributed by atoms with Crippen molar-refractivity contribution < 1.29 is 13.9 Å². The van der Waals surface area contributed by atoms with E-state index in [1.807, 2.05) is 69.4 Å². The quantitative estimate of drug-likeness (QED) is 0.436. The minimum atomic E-state index is -1.31. The highest BCUT2D eigenvalue weighted by molar-refractivity contribution is 5.81. The first-order valence-corrected chi connectivity index (χ1v) is 12.0. The summed E-state index contributed by atoms with van der Waals surface area (Å²) in [7, 11) is 1.41. The molecule has 1 amide bonds. The number of ether oxygens (including phenoxy) is 1. The second-order valence-corrected chi connectivity index (χ2v) is 10.0. The van der Waals surface area contributed by atoms with Crippen molar-refractivity contribution in [2.45, 2.75) is 59.0 Å². The number of alkyl halides is 1. The number of amides is 1. The minimum Gasteiger partial charge on any atom is -0.372 e. The van der Waals surface area contributed by atoms with Gasteiger partial charge in [0.25, 0.3) is 0 Å². The molecule has 0 bridgehead atoms. The molecule has 3 atom stereocenters. The van der Waals surface area contributed by atoms with Crippen LogP contribution >= 0.6 is 0 Å². The smallest absolute Gasteiger partial charge is 0.249 e. The number of nitrogens with one attached hydrogen (secondary N) is 1. The lowest BCUT2D eigenvalue weighted by Gasteiger charge is -2.32. The van der Waals surface area contributed by atoms with Gasteiger partial charge in [0.05, 0.1) is 11.7 Å². The zero-order valence-electron chi connectivity index (χ0n) is 21.3. The van der Waals surface area contributed by atoms with E-state index in [0.29, 0.717) is 6.54 Å². The van der Waals surface area contributed by atoms with Crippen molar-refractivity contribution in [3.8, 4) is 11.3 Å². The summed E-state index contributed by atoms with van der Waals surface area (Å²) in [5.74, 6) is 0.355. The van der Waals surface area contributed by atoms with Crippen LogP contribution < -0.4 is 11.1 Å². The van der Waals surface area contributed by atoms with E-state index in [2.05, 4.69) is 28.9 Å². The second-order valence-electron chi connectivity index (χ2n) is 10.0. The van der Waals surface area contributed by atoms with Gasteiger partial charge in [-0.15, -0.1) is 0 Å². The minimum absolute atomic E-state index is 0.0946. The van der Waals surface area contributed by atoms with Crippen LogP contribution in [0.4, 0.5) is 4.39 Å². The predicted molar refractivity (Wildman–Crippen MR) is 138 cm³/mol. The number of aryl methyl sites for hydroxylation is 1. The second kappa shape index (κ2) is 11.6. The number of nitrogens with two attached hydrogens (primary N) is 1. The summed E-state index contributed by atoms with van der Waals surface area (Å²) in [5, 5.41) is 3.10. The Hall–Kier alpha value is -3.03. The maximum atomic E-state index is 14.0. The van der Waals surface area contributed by atoms with Crippen molar-refractivity contribution in [2.75, 3.05) is 13.7 Å². The molecule has 0 saturated heterocycles. The van der Waals surface area contributed by atoms with Crippen molar-refractivity contribution in [2.24, 2.45) is 11.1 Å². The molecule has 3 aromatic rings. The van der Waals surface area contributed by atoms with E-state index in [0.717, 1.165) is 17.1 Å². The van der Waals surface area contributed by atoms with E-state index in [-0.39, 0.29) is 24.3 Å². The van der Waals surface area contributed by atoms with Crippen LogP contribution in [0.25, 0.3) is 11.3 Å². The molecular formula is C28H37FN4O2. The van der Waals surface area contributed by atoms with Crippen molar-refractivity contribution in [1.82, 2.24) is 14.9 Å². The Balaban J connectivity index is 2.03. The molecule has 1 heterocycles. The van der Waals surface area contributed by atoms with Gasteiger partial charge >= 0.3 is 0 Å². The number of halogens is 1. The number of aromatic nitrogens is 2. The molecule has 3 N–H and O–H groups in total. The van der Waals surface area contributed by atoms with Crippen LogP contribution in [-0.4, -0.2) is 41.4 Å². The van der Waals surface area contributed by atoms with Crippen LogP contribution in [0, 0.1) is 12.3 Å². The van der Waals surface area contributed by atoms with Gasteiger partial charge in [0.1, 0.15) is 18.1 Å². The van der Waals surface area contributed by atoms with Gasteiger partial charge in [0.15, 0.2) is 0 Å². The van der Waals surface area contributed by atoms with Gasteiger partial charge < -0.3 is 20.4 Å². The molecular weight excluding hydrogens is 443 g/mol. The van der Waals surface area contributed by atoms with Crippen LogP contribution in [0.3, 0.4) is 0 Å². The number of hydrogen-bond donors (Lipinski definition) is 2. The number of methoxy groups -OCH3 is 1. The summed E-state index contributed by atoms with van der Waals surface area (Å²) in [6, 6.07) is 17.7. The summed E-state index contributed by atoms with van der Waals surface area (Å²) >= 11 is 0. The van der Waals surface area contributed by atoms with Gasteiger partial charge in [0, 0.05) is 38.4 Å². The van der Waals surface area contributed by atoms with Gasteiger partial charge in [-0.05, 0) is 23.5 Å². The molecule has 0 fully saturated rings. The molecule has 0 spiro atoms. The van der Waals surface area contributed by atoms with Gasteiger partial charge in [-0.25, -0.2) is 9.37 Å². The molecule has 35 heavy (non-hydrogen) atoms. The maximum absolute atomic E-state index is 14.0. The van der Waals surface area contributed by atoms with E-state index in [4.69, 9.17) is 15.5 Å². The SMILES string of the molecule is COC(C[C@@H](F)CN)C(=O)N[C@@H](c1nc(-c2ccccc2)cn1Cc1ccccc1C)C(C)(C)C. The number of benzene rings is 2. The Bertz CT molecular complexity index is 1110. The summed E-state index contributed by atoms with van der Waals surface area (Å²) < 4.78 is 21.4. The van der Waals surface area contributed by atoms with Crippen LogP contribution in [0.5, 0.6) is 0 Å². The summed E-state index contributed by atoms with van der Waals surface area (Å²) in [6.07, 6.45) is -0.317. The summed E-state index contributed by atoms with van der Waals surface area (Å²) in [4.78, 5) is 18.2. The predicted octanol–water partition coefficient (Wildman–Crippen LogP) is 4.81. The molecule has 0 aliphatic carbocycles. The fourth-order valence-electron chi connectivity index (χ4n) is 4.05. The average Bonchev–Trinajstić information content (AvgIpc) is 3.25. The third-order valence-electron chi connectivity index (χ3n) is 6.19. The molecule has 1 unspecified atom stereocenters. The number of carbonyl (C=O) groups is 1. The first-order chi connectivity index (χ1) is 16.6. The molecule has 2 aromatic carbocycles. The molecule has 0 radical (unpaired) electrons. The number of imidazole rings is 1. The molecule has 0 aliphatic heterocycles. The normalized spacial score (nSPS) is 14.4. The topological polar surface area (TPSA) is 82.2 Å². The molecule has 1 aromatic heterocycles. The Kier molecular flexibility index (Phi) is 8.81. The Morgan fingerprint density at radius 1 is 1.14 bits per heavy atom. The number of rotatable bonds is 10. The molecule has 7 heteroatoms. The zero-order valence-corrected chi connectivity index (χ0v) is 21.3. The van der Waals surface area contributed by atoms with Crippen molar-refractivity contribution in [3.05, 3.63) is 77.7 Å². The number of carbonyl (C=O) groups excluding carboxylic acids is 1. The lowest BCUT2D eigenvalue weighted by Crippen LogP contribution is -2.45. The van der Waals surface area contributed by atoms with Crippen LogP contribution in [0.15, 0.2) is 60.8 Å². The van der Waals surface area contributed by atoms with E-state index in [1.54, 1.807) is 0 Å². The Labute approximate surface area is 207 Å².